The molecule has 0 aromatic heterocycles. The zero-order chi connectivity index (χ0) is 17.4. The van der Waals surface area contributed by atoms with Crippen molar-refractivity contribution < 1.29 is 9.53 Å². The number of anilines is 1. The molecule has 2 aliphatic heterocycles. The zero-order valence-electron chi connectivity index (χ0n) is 13.5. The minimum absolute atomic E-state index is 0.0223. The summed E-state index contributed by atoms with van der Waals surface area (Å²) < 4.78 is 5.75. The van der Waals surface area contributed by atoms with Crippen molar-refractivity contribution in [1.82, 2.24) is 4.90 Å². The lowest BCUT2D eigenvalue weighted by Gasteiger charge is -2.39. The smallest absolute Gasteiger partial charge is 0.257 e. The van der Waals surface area contributed by atoms with E-state index in [1.54, 1.807) is 11.0 Å². The molecule has 1 saturated heterocycles. The van der Waals surface area contributed by atoms with Crippen LogP contribution in [-0.2, 0) is 4.74 Å². The molecule has 2 aromatic rings. The largest absolute Gasteiger partial charge is 0.376 e. The number of carbonyl (C=O) groups is 1. The average molecular weight is 377 g/mol. The summed E-state index contributed by atoms with van der Waals surface area (Å²) in [6, 6.07) is 13.0. The molecule has 4 rings (SSSR count). The van der Waals surface area contributed by atoms with Gasteiger partial charge in [0.15, 0.2) is 0 Å². The Morgan fingerprint density at radius 2 is 2.00 bits per heavy atom. The molecule has 0 radical (unpaired) electrons. The number of benzene rings is 2. The highest BCUT2D eigenvalue weighted by atomic mass is 35.5. The van der Waals surface area contributed by atoms with E-state index < -0.39 is 0 Å². The molecule has 0 saturated carbocycles. The maximum Gasteiger partial charge on any atom is 0.257 e. The van der Waals surface area contributed by atoms with Crippen LogP contribution in [0.15, 0.2) is 42.5 Å². The van der Waals surface area contributed by atoms with Gasteiger partial charge in [-0.15, -0.1) is 0 Å². The monoisotopic (exact) mass is 376 g/mol. The predicted molar refractivity (Wildman–Crippen MR) is 99.3 cm³/mol. The fraction of sp³-hybridized carbons (Fsp3) is 0.316. The predicted octanol–water partition coefficient (Wildman–Crippen LogP) is 4.74. The van der Waals surface area contributed by atoms with Gasteiger partial charge in [-0.1, -0.05) is 47.5 Å². The minimum atomic E-state index is -0.377. The van der Waals surface area contributed by atoms with E-state index in [0.717, 1.165) is 30.7 Å². The first kappa shape index (κ1) is 16.7. The molecule has 1 fully saturated rings. The summed E-state index contributed by atoms with van der Waals surface area (Å²) in [5.41, 5.74) is 2.25. The number of nitrogens with one attached hydrogen (secondary N) is 1. The van der Waals surface area contributed by atoms with Crippen molar-refractivity contribution in [2.24, 2.45) is 0 Å². The van der Waals surface area contributed by atoms with Crippen molar-refractivity contribution in [3.8, 4) is 0 Å². The van der Waals surface area contributed by atoms with E-state index in [0.29, 0.717) is 22.2 Å². The maximum atomic E-state index is 13.1. The Labute approximate surface area is 156 Å². The number of amides is 1. The summed E-state index contributed by atoms with van der Waals surface area (Å²) >= 11 is 12.6. The van der Waals surface area contributed by atoms with E-state index in [9.17, 15) is 4.79 Å². The molecule has 4 nitrogen and oxygen atoms in total. The number of rotatable bonds is 3. The Balaban J connectivity index is 1.75. The lowest BCUT2D eigenvalue weighted by Crippen LogP contribution is -2.46. The van der Waals surface area contributed by atoms with Crippen LogP contribution in [0.25, 0.3) is 0 Å². The van der Waals surface area contributed by atoms with Crippen LogP contribution in [0, 0.1) is 0 Å². The molecular formula is C19H18Cl2N2O2. The quantitative estimate of drug-likeness (QED) is 0.840. The standard InChI is InChI=1S/C19H18Cl2N2O2/c20-15-8-3-7-14(17(15)21)18-22-16-9-2-1-6-13(16)19(24)23(18)11-12-5-4-10-25-12/h1-3,6-9,12,18,22H,4-5,10-11H2/t12-,18+/m1/s1. The van der Waals surface area contributed by atoms with Gasteiger partial charge in [0.2, 0.25) is 0 Å². The highest BCUT2D eigenvalue weighted by Crippen LogP contribution is 2.38. The van der Waals surface area contributed by atoms with Gasteiger partial charge in [0.1, 0.15) is 6.17 Å². The van der Waals surface area contributed by atoms with E-state index in [4.69, 9.17) is 27.9 Å². The summed E-state index contributed by atoms with van der Waals surface area (Å²) in [5, 5.41) is 4.38. The number of para-hydroxylation sites is 1. The van der Waals surface area contributed by atoms with Gasteiger partial charge in [-0.25, -0.2) is 0 Å². The average Bonchev–Trinajstić information content (AvgIpc) is 3.13. The third kappa shape index (κ3) is 3.10. The molecule has 6 heteroatoms. The summed E-state index contributed by atoms with van der Waals surface area (Å²) in [7, 11) is 0. The molecule has 2 aromatic carbocycles. The SMILES string of the molecule is O=C1c2ccccc2N[C@H](c2cccc(Cl)c2Cl)N1C[C@H]1CCCO1. The Morgan fingerprint density at radius 1 is 1.16 bits per heavy atom. The van der Waals surface area contributed by atoms with Crippen molar-refractivity contribution in [2.75, 3.05) is 18.5 Å². The normalized spacial score (nSPS) is 22.6. The molecule has 0 aliphatic carbocycles. The fourth-order valence-corrected chi connectivity index (χ4v) is 3.88. The van der Waals surface area contributed by atoms with Crippen LogP contribution < -0.4 is 5.32 Å². The molecule has 2 heterocycles. The molecule has 0 bridgehead atoms. The topological polar surface area (TPSA) is 41.6 Å². The molecule has 1 amide bonds. The van der Waals surface area contributed by atoms with E-state index in [-0.39, 0.29) is 18.2 Å². The lowest BCUT2D eigenvalue weighted by molar-refractivity contribution is 0.0427. The third-order valence-corrected chi connectivity index (χ3v) is 5.56. The molecule has 0 spiro atoms. The van der Waals surface area contributed by atoms with Gasteiger partial charge in [0, 0.05) is 24.4 Å². The summed E-state index contributed by atoms with van der Waals surface area (Å²) in [6.07, 6.45) is 1.66. The third-order valence-electron chi connectivity index (χ3n) is 4.72. The molecule has 2 atom stereocenters. The van der Waals surface area contributed by atoms with Crippen LogP contribution in [0.2, 0.25) is 10.0 Å². The number of halogens is 2. The van der Waals surface area contributed by atoms with Crippen LogP contribution in [-0.4, -0.2) is 30.1 Å². The number of ether oxygens (including phenoxy) is 1. The highest BCUT2D eigenvalue weighted by Gasteiger charge is 2.36. The van der Waals surface area contributed by atoms with Crippen molar-refractivity contribution >= 4 is 34.8 Å². The van der Waals surface area contributed by atoms with Crippen molar-refractivity contribution in [3.05, 3.63) is 63.6 Å². The van der Waals surface area contributed by atoms with Gasteiger partial charge < -0.3 is 15.0 Å². The first-order valence-electron chi connectivity index (χ1n) is 8.37. The Hall–Kier alpha value is -1.75. The number of hydrogen-bond acceptors (Lipinski definition) is 3. The lowest BCUT2D eigenvalue weighted by atomic mass is 10.0. The first-order chi connectivity index (χ1) is 12.1. The molecule has 25 heavy (non-hydrogen) atoms. The van der Waals surface area contributed by atoms with Gasteiger partial charge in [0.05, 0.1) is 21.7 Å². The van der Waals surface area contributed by atoms with Crippen molar-refractivity contribution in [3.63, 3.8) is 0 Å². The second-order valence-corrected chi connectivity index (χ2v) is 7.11. The Bertz CT molecular complexity index is 806. The highest BCUT2D eigenvalue weighted by molar-refractivity contribution is 6.42. The van der Waals surface area contributed by atoms with E-state index >= 15 is 0 Å². The van der Waals surface area contributed by atoms with Gasteiger partial charge in [0.25, 0.3) is 5.91 Å². The van der Waals surface area contributed by atoms with Crippen LogP contribution in [0.3, 0.4) is 0 Å². The number of hydrogen-bond donors (Lipinski definition) is 1. The number of fused-ring (bicyclic) bond motifs is 1. The maximum absolute atomic E-state index is 13.1. The Morgan fingerprint density at radius 3 is 2.80 bits per heavy atom. The summed E-state index contributed by atoms with van der Waals surface area (Å²) in [6.45, 7) is 1.27. The van der Waals surface area contributed by atoms with Crippen LogP contribution in [0.4, 0.5) is 5.69 Å². The number of nitrogens with zero attached hydrogens (tertiary/aromatic N) is 1. The molecule has 2 aliphatic rings. The Kier molecular flexibility index (Phi) is 4.59. The van der Waals surface area contributed by atoms with E-state index in [1.165, 1.54) is 0 Å². The second-order valence-electron chi connectivity index (χ2n) is 6.33. The van der Waals surface area contributed by atoms with Crippen LogP contribution >= 0.6 is 23.2 Å². The second kappa shape index (κ2) is 6.87. The molecule has 1 N–H and O–H groups in total. The van der Waals surface area contributed by atoms with Gasteiger partial charge in [-0.05, 0) is 31.0 Å². The van der Waals surface area contributed by atoms with E-state index in [2.05, 4.69) is 5.32 Å². The van der Waals surface area contributed by atoms with Gasteiger partial charge in [-0.2, -0.15) is 0 Å². The van der Waals surface area contributed by atoms with Gasteiger partial charge in [-0.3, -0.25) is 4.79 Å². The molecular weight excluding hydrogens is 359 g/mol. The van der Waals surface area contributed by atoms with E-state index in [1.807, 2.05) is 36.4 Å². The van der Waals surface area contributed by atoms with Crippen molar-refractivity contribution in [2.45, 2.75) is 25.1 Å². The summed E-state index contributed by atoms with van der Waals surface area (Å²) in [5.74, 6) is -0.0223. The zero-order valence-corrected chi connectivity index (χ0v) is 15.1. The van der Waals surface area contributed by atoms with Crippen molar-refractivity contribution in [1.29, 1.82) is 0 Å². The van der Waals surface area contributed by atoms with Crippen LogP contribution in [0.5, 0.6) is 0 Å². The molecule has 0 unspecified atom stereocenters. The fourth-order valence-electron chi connectivity index (χ4n) is 3.47. The van der Waals surface area contributed by atoms with Crippen LogP contribution in [0.1, 0.15) is 34.9 Å². The first-order valence-corrected chi connectivity index (χ1v) is 9.13. The minimum Gasteiger partial charge on any atom is -0.376 e. The number of carbonyl (C=O) groups excluding carboxylic acids is 1. The summed E-state index contributed by atoms with van der Waals surface area (Å²) in [4.78, 5) is 14.9. The van der Waals surface area contributed by atoms with Gasteiger partial charge >= 0.3 is 0 Å². The molecule has 130 valence electrons.